The molecule has 0 fully saturated rings. The second kappa shape index (κ2) is 8.44. The first-order valence-corrected chi connectivity index (χ1v) is 10.4. The van der Waals surface area contributed by atoms with Crippen molar-refractivity contribution in [1.82, 2.24) is 0 Å². The summed E-state index contributed by atoms with van der Waals surface area (Å²) in [5, 5.41) is 3.42. The largest absolute Gasteiger partial charge is 0.495 e. The van der Waals surface area contributed by atoms with Crippen molar-refractivity contribution in [1.29, 1.82) is 0 Å². The predicted molar refractivity (Wildman–Crippen MR) is 118 cm³/mol. The molecule has 0 aromatic heterocycles. The number of hydrogen-bond donors (Lipinski definition) is 1. The van der Waals surface area contributed by atoms with Crippen LogP contribution in [0, 0.1) is 5.92 Å². The molecule has 1 unspecified atom stereocenters. The van der Waals surface area contributed by atoms with Crippen LogP contribution in [0.25, 0.3) is 0 Å². The standard InChI is InChI=1S/C24H23ClN2O3/c1-14-21(24(29)27-16-7-4-3-5-8-16)22(15-11-12-20(30-2)17(25)13-15)23-18(26-14)9-6-10-19(23)28/h3-5,7-8,11-13,21-22H,6,9-10H2,1-2H3,(H,27,29)/t21?,22-/m0/s1. The normalized spacial score (nSPS) is 21.0. The minimum Gasteiger partial charge on any atom is -0.495 e. The molecular formula is C24H23ClN2O3. The number of aliphatic imine (C=N–C) groups is 1. The second-order valence-corrected chi connectivity index (χ2v) is 8.00. The lowest BCUT2D eigenvalue weighted by Crippen LogP contribution is -2.39. The number of ketones is 1. The van der Waals surface area contributed by atoms with E-state index >= 15 is 0 Å². The molecule has 1 N–H and O–H groups in total. The van der Waals surface area contributed by atoms with Crippen molar-refractivity contribution in [3.8, 4) is 5.75 Å². The monoisotopic (exact) mass is 422 g/mol. The maximum Gasteiger partial charge on any atom is 0.234 e. The number of Topliss-reactive ketones (excluding diaryl/α,β-unsaturated/α-hetero) is 1. The van der Waals surface area contributed by atoms with Crippen LogP contribution in [0.3, 0.4) is 0 Å². The molecular weight excluding hydrogens is 400 g/mol. The van der Waals surface area contributed by atoms with Crippen molar-refractivity contribution in [2.45, 2.75) is 32.1 Å². The summed E-state index contributed by atoms with van der Waals surface area (Å²) in [5.41, 5.74) is 3.65. The number of hydrogen-bond acceptors (Lipinski definition) is 4. The summed E-state index contributed by atoms with van der Waals surface area (Å²) < 4.78 is 5.28. The van der Waals surface area contributed by atoms with Gasteiger partial charge in [0.15, 0.2) is 5.78 Å². The number of nitrogens with one attached hydrogen (secondary N) is 1. The van der Waals surface area contributed by atoms with Gasteiger partial charge in [-0.05, 0) is 49.6 Å². The van der Waals surface area contributed by atoms with E-state index in [1.807, 2.05) is 43.3 Å². The Morgan fingerprint density at radius 3 is 2.63 bits per heavy atom. The highest BCUT2D eigenvalue weighted by Crippen LogP contribution is 2.44. The molecule has 4 rings (SSSR count). The van der Waals surface area contributed by atoms with E-state index in [1.54, 1.807) is 19.2 Å². The zero-order valence-electron chi connectivity index (χ0n) is 16.9. The van der Waals surface area contributed by atoms with Gasteiger partial charge in [0, 0.05) is 35.0 Å². The van der Waals surface area contributed by atoms with E-state index in [4.69, 9.17) is 16.3 Å². The molecule has 1 amide bonds. The summed E-state index contributed by atoms with van der Waals surface area (Å²) >= 11 is 6.40. The Labute approximate surface area is 180 Å². The lowest BCUT2D eigenvalue weighted by atomic mass is 9.71. The summed E-state index contributed by atoms with van der Waals surface area (Å²) in [7, 11) is 1.56. The second-order valence-electron chi connectivity index (χ2n) is 7.59. The predicted octanol–water partition coefficient (Wildman–Crippen LogP) is 5.17. The molecule has 0 radical (unpaired) electrons. The highest BCUT2D eigenvalue weighted by Gasteiger charge is 2.42. The van der Waals surface area contributed by atoms with Crippen LogP contribution in [0.15, 0.2) is 64.8 Å². The molecule has 0 saturated heterocycles. The van der Waals surface area contributed by atoms with E-state index in [2.05, 4.69) is 10.3 Å². The molecule has 30 heavy (non-hydrogen) atoms. The average molecular weight is 423 g/mol. The first-order valence-electron chi connectivity index (χ1n) is 10.0. The fourth-order valence-electron chi connectivity index (χ4n) is 4.32. The Morgan fingerprint density at radius 1 is 1.17 bits per heavy atom. The van der Waals surface area contributed by atoms with Crippen LogP contribution >= 0.6 is 11.6 Å². The third kappa shape index (κ3) is 3.77. The number of carbonyl (C=O) groups excluding carboxylic acids is 2. The van der Waals surface area contributed by atoms with E-state index in [-0.39, 0.29) is 11.7 Å². The Morgan fingerprint density at radius 2 is 1.93 bits per heavy atom. The smallest absolute Gasteiger partial charge is 0.234 e. The molecule has 2 aromatic carbocycles. The van der Waals surface area contributed by atoms with Crippen LogP contribution in [-0.2, 0) is 9.59 Å². The molecule has 2 aromatic rings. The molecule has 1 heterocycles. The molecule has 0 spiro atoms. The highest BCUT2D eigenvalue weighted by molar-refractivity contribution is 6.32. The van der Waals surface area contributed by atoms with Gasteiger partial charge in [0.05, 0.1) is 18.1 Å². The molecule has 1 aliphatic heterocycles. The lowest BCUT2D eigenvalue weighted by Gasteiger charge is -2.35. The van der Waals surface area contributed by atoms with Gasteiger partial charge in [-0.15, -0.1) is 0 Å². The van der Waals surface area contributed by atoms with Gasteiger partial charge >= 0.3 is 0 Å². The fourth-order valence-corrected chi connectivity index (χ4v) is 4.59. The summed E-state index contributed by atoms with van der Waals surface area (Å²) in [6.07, 6.45) is 2.00. The zero-order chi connectivity index (χ0) is 21.3. The number of rotatable bonds is 4. The van der Waals surface area contributed by atoms with Gasteiger partial charge in [-0.2, -0.15) is 0 Å². The molecule has 5 nitrogen and oxygen atoms in total. The van der Waals surface area contributed by atoms with Crippen molar-refractivity contribution < 1.29 is 14.3 Å². The van der Waals surface area contributed by atoms with Gasteiger partial charge in [-0.3, -0.25) is 14.6 Å². The van der Waals surface area contributed by atoms with Gasteiger partial charge in [0.2, 0.25) is 5.91 Å². The first kappa shape index (κ1) is 20.4. The summed E-state index contributed by atoms with van der Waals surface area (Å²) in [5.74, 6) is -0.616. The minimum atomic E-state index is -0.601. The summed E-state index contributed by atoms with van der Waals surface area (Å²) in [4.78, 5) is 31.0. The Balaban J connectivity index is 1.80. The molecule has 0 saturated carbocycles. The number of amides is 1. The average Bonchev–Trinajstić information content (AvgIpc) is 2.73. The number of halogens is 1. The molecule has 6 heteroatoms. The third-order valence-electron chi connectivity index (χ3n) is 5.69. The summed E-state index contributed by atoms with van der Waals surface area (Å²) in [6, 6.07) is 14.7. The Kier molecular flexibility index (Phi) is 5.73. The van der Waals surface area contributed by atoms with Crippen molar-refractivity contribution in [2.75, 3.05) is 12.4 Å². The quantitative estimate of drug-likeness (QED) is 0.739. The molecule has 2 atom stereocenters. The molecule has 1 aliphatic carbocycles. The topological polar surface area (TPSA) is 67.8 Å². The number of anilines is 1. The summed E-state index contributed by atoms with van der Waals surface area (Å²) in [6.45, 7) is 1.86. The van der Waals surface area contributed by atoms with Crippen molar-refractivity contribution >= 4 is 34.7 Å². The fraction of sp³-hybridized carbons (Fsp3) is 0.292. The van der Waals surface area contributed by atoms with Crippen LogP contribution in [0.2, 0.25) is 5.02 Å². The van der Waals surface area contributed by atoms with E-state index < -0.39 is 11.8 Å². The molecule has 154 valence electrons. The number of ether oxygens (including phenoxy) is 1. The maximum atomic E-state index is 13.4. The van der Waals surface area contributed by atoms with Crippen LogP contribution in [0.5, 0.6) is 5.75 Å². The SMILES string of the molecule is COc1ccc([C@@H]2C3=C(CCCC3=O)N=C(C)C2C(=O)Nc2ccccc2)cc1Cl. The van der Waals surface area contributed by atoms with Gasteiger partial charge in [-0.25, -0.2) is 0 Å². The van der Waals surface area contributed by atoms with Gasteiger partial charge in [0.25, 0.3) is 0 Å². The lowest BCUT2D eigenvalue weighted by molar-refractivity contribution is -0.119. The zero-order valence-corrected chi connectivity index (χ0v) is 17.7. The van der Waals surface area contributed by atoms with Crippen molar-refractivity contribution in [3.05, 3.63) is 70.4 Å². The maximum absolute atomic E-state index is 13.4. The Hall–Kier alpha value is -2.92. The third-order valence-corrected chi connectivity index (χ3v) is 5.99. The molecule has 2 aliphatic rings. The Bertz CT molecular complexity index is 1060. The molecule has 0 bridgehead atoms. The van der Waals surface area contributed by atoms with Gasteiger partial charge < -0.3 is 10.1 Å². The van der Waals surface area contributed by atoms with E-state index in [0.29, 0.717) is 34.2 Å². The van der Waals surface area contributed by atoms with Crippen LogP contribution in [0.4, 0.5) is 5.69 Å². The number of methoxy groups -OCH3 is 1. The van der Waals surface area contributed by atoms with Crippen molar-refractivity contribution in [3.63, 3.8) is 0 Å². The van der Waals surface area contributed by atoms with Gasteiger partial charge in [0.1, 0.15) is 5.75 Å². The van der Waals surface area contributed by atoms with Crippen molar-refractivity contribution in [2.24, 2.45) is 10.9 Å². The number of benzene rings is 2. The van der Waals surface area contributed by atoms with Crippen LogP contribution < -0.4 is 10.1 Å². The minimum absolute atomic E-state index is 0.0574. The van der Waals surface area contributed by atoms with Crippen LogP contribution in [-0.4, -0.2) is 24.5 Å². The number of nitrogens with zero attached hydrogens (tertiary/aromatic N) is 1. The highest BCUT2D eigenvalue weighted by atomic mass is 35.5. The van der Waals surface area contributed by atoms with E-state index in [1.165, 1.54) is 0 Å². The first-order chi connectivity index (χ1) is 14.5. The van der Waals surface area contributed by atoms with E-state index in [9.17, 15) is 9.59 Å². The number of para-hydroxylation sites is 1. The van der Waals surface area contributed by atoms with Crippen LogP contribution in [0.1, 0.15) is 37.7 Å². The number of allylic oxidation sites excluding steroid dienone is 2. The number of carbonyl (C=O) groups is 2. The van der Waals surface area contributed by atoms with Gasteiger partial charge in [-0.1, -0.05) is 35.9 Å². The van der Waals surface area contributed by atoms with E-state index in [0.717, 1.165) is 24.1 Å².